The summed E-state index contributed by atoms with van der Waals surface area (Å²) in [7, 11) is -1.61. The van der Waals surface area contributed by atoms with Gasteiger partial charge in [-0.2, -0.15) is 0 Å². The zero-order valence-electron chi connectivity index (χ0n) is 19.6. The lowest BCUT2D eigenvalue weighted by Gasteiger charge is -2.44. The van der Waals surface area contributed by atoms with Gasteiger partial charge in [-0.3, -0.25) is 0 Å². The van der Waals surface area contributed by atoms with Gasteiger partial charge in [0.2, 0.25) is 0 Å². The van der Waals surface area contributed by atoms with E-state index in [1.807, 2.05) is 0 Å². The Balaban J connectivity index is 1.56. The Labute approximate surface area is 183 Å². The summed E-state index contributed by atoms with van der Waals surface area (Å²) in [6, 6.07) is 11.3. The number of rotatable bonds is 6. The third-order valence-corrected chi connectivity index (χ3v) is 15.9. The molecule has 0 aromatic heterocycles. The minimum Gasteiger partial charge on any atom is -0.465 e. The number of ether oxygens (including phenoxy) is 1. The molecule has 2 fully saturated rings. The van der Waals surface area contributed by atoms with Gasteiger partial charge in [-0.15, -0.1) is 0 Å². The molecule has 0 heterocycles. The highest BCUT2D eigenvalue weighted by Crippen LogP contribution is 2.70. The molecule has 5 rings (SSSR count). The summed E-state index contributed by atoms with van der Waals surface area (Å²) >= 11 is 0. The highest BCUT2D eigenvalue weighted by molar-refractivity contribution is 6.87. The van der Waals surface area contributed by atoms with Crippen LogP contribution in [0.5, 0.6) is 5.75 Å². The summed E-state index contributed by atoms with van der Waals surface area (Å²) in [5.41, 5.74) is 7.82. The lowest BCUT2D eigenvalue weighted by atomic mass is 9.60. The first-order valence-corrected chi connectivity index (χ1v) is 14.6. The van der Waals surface area contributed by atoms with Crippen LogP contribution < -0.4 is 4.74 Å². The van der Waals surface area contributed by atoms with Gasteiger partial charge in [0.05, 0.1) is 14.3 Å². The maximum absolute atomic E-state index is 6.66. The van der Waals surface area contributed by atoms with Gasteiger partial charge in [0.25, 0.3) is 0 Å². The van der Waals surface area contributed by atoms with Crippen molar-refractivity contribution >= 4 is 18.8 Å². The highest BCUT2D eigenvalue weighted by atomic mass is 28.3. The van der Waals surface area contributed by atoms with Crippen molar-refractivity contribution in [3.8, 4) is 5.75 Å². The maximum atomic E-state index is 6.66. The summed E-state index contributed by atoms with van der Waals surface area (Å²) < 4.78 is 6.66. The molecule has 2 aromatic carbocycles. The van der Waals surface area contributed by atoms with Crippen molar-refractivity contribution < 1.29 is 4.74 Å². The molecular weight excluding hydrogens is 380 g/mol. The van der Waals surface area contributed by atoms with Crippen molar-refractivity contribution in [3.63, 3.8) is 0 Å². The van der Waals surface area contributed by atoms with Crippen molar-refractivity contribution in [1.29, 1.82) is 0 Å². The van der Waals surface area contributed by atoms with Gasteiger partial charge in [-0.25, -0.2) is 0 Å². The smallest absolute Gasteiger partial charge is 0.138 e. The fourth-order valence-corrected chi connectivity index (χ4v) is 13.4. The molecular formula is C28H38OSi. The number of fused-ring (bicyclic) bond motifs is 9. The molecule has 160 valence electrons. The Morgan fingerprint density at radius 1 is 0.900 bits per heavy atom. The molecule has 3 aliphatic carbocycles. The Morgan fingerprint density at radius 2 is 1.53 bits per heavy atom. The van der Waals surface area contributed by atoms with Crippen LogP contribution in [0.25, 0.3) is 10.8 Å². The summed E-state index contributed by atoms with van der Waals surface area (Å²) in [4.78, 5) is 0. The van der Waals surface area contributed by atoms with Crippen molar-refractivity contribution in [2.45, 2.75) is 89.3 Å². The Hall–Kier alpha value is -1.54. The SMILES string of the molecule is CC(C)[Si](/C=C\Oc1c2c(cc3ccccc13)C1C3CCC(C3)C21)(C(C)C)C(C)C. The predicted octanol–water partition coefficient (Wildman–Crippen LogP) is 8.56. The van der Waals surface area contributed by atoms with E-state index in [1.54, 1.807) is 11.1 Å². The largest absolute Gasteiger partial charge is 0.465 e. The first kappa shape index (κ1) is 20.4. The van der Waals surface area contributed by atoms with Gasteiger partial charge in [-0.05, 0) is 70.5 Å². The van der Waals surface area contributed by atoms with Gasteiger partial charge in [-0.1, -0.05) is 77.6 Å². The molecule has 2 aromatic rings. The second kappa shape index (κ2) is 7.26. The van der Waals surface area contributed by atoms with Crippen molar-refractivity contribution in [2.75, 3.05) is 0 Å². The summed E-state index contributed by atoms with van der Waals surface area (Å²) in [5.74, 6) is 4.57. The van der Waals surface area contributed by atoms with Crippen molar-refractivity contribution in [2.24, 2.45) is 11.8 Å². The van der Waals surface area contributed by atoms with Crippen molar-refractivity contribution in [1.82, 2.24) is 0 Å². The molecule has 0 aliphatic heterocycles. The standard InChI is InChI=1S/C28H38OSi/c1-17(2)30(18(3)4,19(5)6)14-13-29-28-23-10-8-7-9-20(23)16-24-25-21-11-12-22(15-21)26(25)27(24)28/h7-10,13-14,16-19,21-22,25-26H,11-12,15H2,1-6H3/b14-13-. The first-order valence-electron chi connectivity index (χ1n) is 12.3. The van der Waals surface area contributed by atoms with E-state index in [0.717, 1.165) is 23.7 Å². The molecule has 4 atom stereocenters. The third-order valence-electron chi connectivity index (χ3n) is 9.22. The second-order valence-corrected chi connectivity index (χ2v) is 17.0. The topological polar surface area (TPSA) is 9.23 Å². The van der Waals surface area contributed by atoms with E-state index < -0.39 is 8.07 Å². The van der Waals surface area contributed by atoms with Gasteiger partial charge < -0.3 is 4.74 Å². The van der Waals surface area contributed by atoms with Crippen LogP contribution in [0.15, 0.2) is 42.3 Å². The highest BCUT2D eigenvalue weighted by Gasteiger charge is 2.56. The fraction of sp³-hybridized carbons (Fsp3) is 0.571. The van der Waals surface area contributed by atoms with Crippen LogP contribution in [0, 0.1) is 11.8 Å². The minimum absolute atomic E-state index is 0.711. The molecule has 0 N–H and O–H groups in total. The maximum Gasteiger partial charge on any atom is 0.138 e. The summed E-state index contributed by atoms with van der Waals surface area (Å²) in [5, 5.41) is 2.65. The van der Waals surface area contributed by atoms with Crippen LogP contribution in [0.4, 0.5) is 0 Å². The molecule has 2 saturated carbocycles. The average Bonchev–Trinajstić information content (AvgIpc) is 3.26. The van der Waals surface area contributed by atoms with Crippen LogP contribution in [-0.4, -0.2) is 8.07 Å². The van der Waals surface area contributed by atoms with Crippen LogP contribution in [0.2, 0.25) is 16.6 Å². The molecule has 0 saturated heterocycles. The zero-order chi connectivity index (χ0) is 21.2. The predicted molar refractivity (Wildman–Crippen MR) is 131 cm³/mol. The average molecular weight is 419 g/mol. The molecule has 2 bridgehead atoms. The lowest BCUT2D eigenvalue weighted by Crippen LogP contribution is -2.42. The van der Waals surface area contributed by atoms with E-state index in [1.165, 1.54) is 35.8 Å². The first-order chi connectivity index (χ1) is 14.4. The summed E-state index contributed by atoms with van der Waals surface area (Å²) in [6.45, 7) is 14.5. The molecule has 30 heavy (non-hydrogen) atoms. The molecule has 3 aliphatic rings. The van der Waals surface area contributed by atoms with E-state index in [9.17, 15) is 0 Å². The van der Waals surface area contributed by atoms with E-state index in [2.05, 4.69) is 83.8 Å². The van der Waals surface area contributed by atoms with E-state index in [0.29, 0.717) is 16.6 Å². The number of benzene rings is 2. The molecule has 1 nitrogen and oxygen atoms in total. The Kier molecular flexibility index (Phi) is 4.93. The second-order valence-electron chi connectivity index (χ2n) is 11.2. The zero-order valence-corrected chi connectivity index (χ0v) is 20.6. The van der Waals surface area contributed by atoms with Crippen LogP contribution in [0.3, 0.4) is 0 Å². The molecule has 0 spiro atoms. The molecule has 2 heteroatoms. The van der Waals surface area contributed by atoms with Crippen LogP contribution in [-0.2, 0) is 0 Å². The molecule has 0 radical (unpaired) electrons. The summed E-state index contributed by atoms with van der Waals surface area (Å²) in [6.07, 6.45) is 6.42. The van der Waals surface area contributed by atoms with E-state index in [-0.39, 0.29) is 0 Å². The van der Waals surface area contributed by atoms with Gasteiger partial charge in [0.1, 0.15) is 5.75 Å². The minimum atomic E-state index is -1.61. The van der Waals surface area contributed by atoms with Gasteiger partial charge in [0, 0.05) is 10.9 Å². The number of hydrogen-bond donors (Lipinski definition) is 0. The quantitative estimate of drug-likeness (QED) is 0.337. The molecule has 0 amide bonds. The van der Waals surface area contributed by atoms with Crippen LogP contribution in [0.1, 0.15) is 83.8 Å². The monoisotopic (exact) mass is 418 g/mol. The lowest BCUT2D eigenvalue weighted by molar-refractivity contribution is 0.312. The molecule has 4 unspecified atom stereocenters. The fourth-order valence-electron chi connectivity index (χ4n) is 7.95. The number of hydrogen-bond acceptors (Lipinski definition) is 1. The van der Waals surface area contributed by atoms with Gasteiger partial charge >= 0.3 is 0 Å². The Bertz CT molecular complexity index is 964. The normalized spacial score (nSPS) is 27.4. The van der Waals surface area contributed by atoms with E-state index in [4.69, 9.17) is 4.74 Å². The Morgan fingerprint density at radius 3 is 2.20 bits per heavy atom. The van der Waals surface area contributed by atoms with E-state index >= 15 is 0 Å². The van der Waals surface area contributed by atoms with Gasteiger partial charge in [0.15, 0.2) is 0 Å². The third kappa shape index (κ3) is 2.72. The van der Waals surface area contributed by atoms with Crippen molar-refractivity contribution in [3.05, 3.63) is 53.4 Å². The van der Waals surface area contributed by atoms with Crippen LogP contribution >= 0.6 is 0 Å².